The number of ether oxygens (including phenoxy) is 1. The summed E-state index contributed by atoms with van der Waals surface area (Å²) in [5.74, 6) is 1.18. The molecule has 4 heteroatoms. The predicted octanol–water partition coefficient (Wildman–Crippen LogP) is 3.33. The van der Waals surface area contributed by atoms with Gasteiger partial charge in [-0.3, -0.25) is 4.79 Å². The van der Waals surface area contributed by atoms with E-state index in [0.717, 1.165) is 5.56 Å². The minimum absolute atomic E-state index is 0.134. The summed E-state index contributed by atoms with van der Waals surface area (Å²) in [7, 11) is 0. The van der Waals surface area contributed by atoms with E-state index in [1.807, 2.05) is 31.2 Å². The van der Waals surface area contributed by atoms with Gasteiger partial charge in [-0.2, -0.15) is 0 Å². The zero-order chi connectivity index (χ0) is 13.8. The maximum Gasteiger partial charge on any atom is 0.221 e. The predicted molar refractivity (Wildman–Crippen MR) is 76.4 cm³/mol. The highest BCUT2D eigenvalue weighted by molar-refractivity contribution is 5.90. The second-order valence-corrected chi connectivity index (χ2v) is 4.30. The topological polar surface area (TPSA) is 64.3 Å². The standard InChI is InChI=1S/C15H16N2O2/c1-10-9-12(16)7-8-14(10)19-15-6-4-3-5-13(15)17-11(2)18/h3-9H,16H2,1-2H3,(H,17,18). The van der Waals surface area contributed by atoms with Gasteiger partial charge in [-0.05, 0) is 42.8 Å². The lowest BCUT2D eigenvalue weighted by molar-refractivity contribution is -0.114. The van der Waals surface area contributed by atoms with Crippen LogP contribution in [0, 0.1) is 6.92 Å². The maximum atomic E-state index is 11.1. The molecule has 0 unspecified atom stereocenters. The minimum atomic E-state index is -0.134. The lowest BCUT2D eigenvalue weighted by Gasteiger charge is -2.13. The molecule has 0 bridgehead atoms. The van der Waals surface area contributed by atoms with Crippen LogP contribution < -0.4 is 15.8 Å². The van der Waals surface area contributed by atoms with E-state index >= 15 is 0 Å². The molecule has 0 saturated carbocycles. The fourth-order valence-electron chi connectivity index (χ4n) is 1.75. The van der Waals surface area contributed by atoms with E-state index in [-0.39, 0.29) is 5.91 Å². The molecule has 2 aromatic carbocycles. The molecule has 3 N–H and O–H groups in total. The molecule has 1 amide bonds. The molecular weight excluding hydrogens is 240 g/mol. The summed E-state index contributed by atoms with van der Waals surface area (Å²) in [6.45, 7) is 3.39. The van der Waals surface area contributed by atoms with E-state index in [1.165, 1.54) is 6.92 Å². The Kier molecular flexibility index (Phi) is 3.71. The third-order valence-electron chi connectivity index (χ3n) is 2.62. The average Bonchev–Trinajstić information content (AvgIpc) is 2.34. The molecule has 0 radical (unpaired) electrons. The summed E-state index contributed by atoms with van der Waals surface area (Å²) in [5.41, 5.74) is 7.99. The van der Waals surface area contributed by atoms with Gasteiger partial charge in [-0.15, -0.1) is 0 Å². The average molecular weight is 256 g/mol. The van der Waals surface area contributed by atoms with Gasteiger partial charge in [-0.1, -0.05) is 12.1 Å². The van der Waals surface area contributed by atoms with E-state index in [0.29, 0.717) is 22.9 Å². The first-order valence-corrected chi connectivity index (χ1v) is 5.97. The van der Waals surface area contributed by atoms with Crippen LogP contribution in [0.15, 0.2) is 42.5 Å². The molecule has 0 spiro atoms. The van der Waals surface area contributed by atoms with Crippen LogP contribution in [-0.2, 0) is 4.79 Å². The molecule has 0 aromatic heterocycles. The molecule has 4 nitrogen and oxygen atoms in total. The monoisotopic (exact) mass is 256 g/mol. The number of carbonyl (C=O) groups excluding carboxylic acids is 1. The summed E-state index contributed by atoms with van der Waals surface area (Å²) in [6.07, 6.45) is 0. The van der Waals surface area contributed by atoms with Crippen molar-refractivity contribution in [2.75, 3.05) is 11.1 Å². The maximum absolute atomic E-state index is 11.1. The number of nitrogens with two attached hydrogens (primary N) is 1. The lowest BCUT2D eigenvalue weighted by Crippen LogP contribution is -2.06. The number of hydrogen-bond donors (Lipinski definition) is 2. The Bertz CT molecular complexity index is 609. The molecule has 0 aliphatic heterocycles. The molecule has 0 aliphatic carbocycles. The Morgan fingerprint density at radius 3 is 2.58 bits per heavy atom. The highest BCUT2D eigenvalue weighted by Crippen LogP contribution is 2.31. The van der Waals surface area contributed by atoms with Crippen LogP contribution in [0.25, 0.3) is 0 Å². The highest BCUT2D eigenvalue weighted by atomic mass is 16.5. The van der Waals surface area contributed by atoms with Crippen molar-refractivity contribution < 1.29 is 9.53 Å². The fourth-order valence-corrected chi connectivity index (χ4v) is 1.75. The van der Waals surface area contributed by atoms with E-state index in [9.17, 15) is 4.79 Å². The van der Waals surface area contributed by atoms with Crippen molar-refractivity contribution in [3.8, 4) is 11.5 Å². The Morgan fingerprint density at radius 2 is 1.89 bits per heavy atom. The quantitative estimate of drug-likeness (QED) is 0.828. The van der Waals surface area contributed by atoms with Crippen molar-refractivity contribution in [2.24, 2.45) is 0 Å². The molecule has 0 saturated heterocycles. The third kappa shape index (κ3) is 3.25. The van der Waals surface area contributed by atoms with E-state index in [2.05, 4.69) is 5.32 Å². The molecule has 0 aliphatic rings. The number of aryl methyl sites for hydroxylation is 1. The summed E-state index contributed by atoms with van der Waals surface area (Å²) in [4.78, 5) is 11.1. The first-order chi connectivity index (χ1) is 9.06. The zero-order valence-electron chi connectivity index (χ0n) is 10.9. The molecule has 2 rings (SSSR count). The van der Waals surface area contributed by atoms with Crippen molar-refractivity contribution in [1.82, 2.24) is 0 Å². The van der Waals surface area contributed by atoms with E-state index < -0.39 is 0 Å². The second-order valence-electron chi connectivity index (χ2n) is 4.30. The van der Waals surface area contributed by atoms with Crippen LogP contribution in [-0.4, -0.2) is 5.91 Å². The zero-order valence-corrected chi connectivity index (χ0v) is 10.9. The third-order valence-corrected chi connectivity index (χ3v) is 2.62. The number of amides is 1. The molecule has 98 valence electrons. The van der Waals surface area contributed by atoms with Crippen LogP contribution >= 0.6 is 0 Å². The first kappa shape index (κ1) is 13.0. The smallest absolute Gasteiger partial charge is 0.221 e. The van der Waals surface area contributed by atoms with Crippen molar-refractivity contribution >= 4 is 17.3 Å². The van der Waals surface area contributed by atoms with Gasteiger partial charge >= 0.3 is 0 Å². The van der Waals surface area contributed by atoms with Gasteiger partial charge in [0, 0.05) is 12.6 Å². The minimum Gasteiger partial charge on any atom is -0.455 e. The molecule has 19 heavy (non-hydrogen) atoms. The number of carbonyl (C=O) groups is 1. The van der Waals surface area contributed by atoms with E-state index in [1.54, 1.807) is 18.2 Å². The largest absolute Gasteiger partial charge is 0.455 e. The summed E-state index contributed by atoms with van der Waals surface area (Å²) >= 11 is 0. The van der Waals surface area contributed by atoms with Crippen LogP contribution in [0.5, 0.6) is 11.5 Å². The molecule has 0 heterocycles. The van der Waals surface area contributed by atoms with Crippen LogP contribution in [0.2, 0.25) is 0 Å². The summed E-state index contributed by atoms with van der Waals surface area (Å²) in [6, 6.07) is 12.7. The Morgan fingerprint density at radius 1 is 1.16 bits per heavy atom. The first-order valence-electron chi connectivity index (χ1n) is 5.97. The summed E-state index contributed by atoms with van der Waals surface area (Å²) in [5, 5.41) is 2.74. The second kappa shape index (κ2) is 5.44. The molecule has 2 aromatic rings. The number of benzene rings is 2. The van der Waals surface area contributed by atoms with Gasteiger partial charge in [-0.25, -0.2) is 0 Å². The fraction of sp³-hybridized carbons (Fsp3) is 0.133. The summed E-state index contributed by atoms with van der Waals surface area (Å²) < 4.78 is 5.83. The number of hydrogen-bond acceptors (Lipinski definition) is 3. The lowest BCUT2D eigenvalue weighted by atomic mass is 10.2. The van der Waals surface area contributed by atoms with Crippen LogP contribution in [0.1, 0.15) is 12.5 Å². The number of rotatable bonds is 3. The van der Waals surface area contributed by atoms with Gasteiger partial charge in [0.25, 0.3) is 0 Å². The molecular formula is C15H16N2O2. The number of nitrogens with one attached hydrogen (secondary N) is 1. The van der Waals surface area contributed by atoms with Crippen molar-refractivity contribution in [2.45, 2.75) is 13.8 Å². The Hall–Kier alpha value is -2.49. The van der Waals surface area contributed by atoms with Gasteiger partial charge in [0.2, 0.25) is 5.91 Å². The molecule has 0 atom stereocenters. The van der Waals surface area contributed by atoms with Gasteiger partial charge in [0.05, 0.1) is 5.69 Å². The van der Waals surface area contributed by atoms with Gasteiger partial charge in [0.15, 0.2) is 5.75 Å². The van der Waals surface area contributed by atoms with Crippen molar-refractivity contribution in [3.63, 3.8) is 0 Å². The number of para-hydroxylation sites is 2. The Balaban J connectivity index is 2.30. The molecule has 0 fully saturated rings. The normalized spacial score (nSPS) is 10.0. The Labute approximate surface area is 112 Å². The van der Waals surface area contributed by atoms with Gasteiger partial charge in [0.1, 0.15) is 5.75 Å². The van der Waals surface area contributed by atoms with Crippen molar-refractivity contribution in [3.05, 3.63) is 48.0 Å². The van der Waals surface area contributed by atoms with Crippen LogP contribution in [0.3, 0.4) is 0 Å². The number of anilines is 2. The van der Waals surface area contributed by atoms with Crippen LogP contribution in [0.4, 0.5) is 11.4 Å². The SMILES string of the molecule is CC(=O)Nc1ccccc1Oc1ccc(N)cc1C. The number of nitrogen functional groups attached to an aromatic ring is 1. The van der Waals surface area contributed by atoms with Gasteiger partial charge < -0.3 is 15.8 Å². The van der Waals surface area contributed by atoms with Crippen molar-refractivity contribution in [1.29, 1.82) is 0 Å². The van der Waals surface area contributed by atoms with E-state index in [4.69, 9.17) is 10.5 Å². The highest BCUT2D eigenvalue weighted by Gasteiger charge is 2.07.